The molecule has 154 valence electrons. The third-order valence-corrected chi connectivity index (χ3v) is 6.37. The van der Waals surface area contributed by atoms with Gasteiger partial charge in [-0.25, -0.2) is 0 Å². The molecule has 3 aromatic carbocycles. The Bertz CT molecular complexity index is 1030. The molecule has 1 fully saturated rings. The highest BCUT2D eigenvalue weighted by molar-refractivity contribution is 7.99. The lowest BCUT2D eigenvalue weighted by molar-refractivity contribution is -0.137. The van der Waals surface area contributed by atoms with E-state index in [9.17, 15) is 18.0 Å². The second-order valence-corrected chi connectivity index (χ2v) is 8.44. The van der Waals surface area contributed by atoms with Crippen LogP contribution in [0, 0.1) is 12.8 Å². The maximum Gasteiger partial charge on any atom is 0.416 e. The van der Waals surface area contributed by atoms with Crippen molar-refractivity contribution in [3.8, 4) is 0 Å². The lowest BCUT2D eigenvalue weighted by Crippen LogP contribution is -2.56. The van der Waals surface area contributed by atoms with Gasteiger partial charge in [-0.15, -0.1) is 11.8 Å². The minimum Gasteiger partial charge on any atom is -0.304 e. The molecular formula is C24H20F3NOS. The van der Waals surface area contributed by atoms with Gasteiger partial charge >= 0.3 is 6.18 Å². The van der Waals surface area contributed by atoms with Crippen LogP contribution in [0.4, 0.5) is 18.9 Å². The molecular weight excluding hydrogens is 407 g/mol. The summed E-state index contributed by atoms with van der Waals surface area (Å²) in [7, 11) is 0. The Morgan fingerprint density at radius 2 is 1.63 bits per heavy atom. The highest BCUT2D eigenvalue weighted by Gasteiger charge is 2.48. The van der Waals surface area contributed by atoms with Crippen LogP contribution in [0.25, 0.3) is 0 Å². The highest BCUT2D eigenvalue weighted by atomic mass is 32.2. The van der Waals surface area contributed by atoms with Crippen LogP contribution in [-0.2, 0) is 11.0 Å². The summed E-state index contributed by atoms with van der Waals surface area (Å²) in [6.45, 7) is 1.99. The van der Waals surface area contributed by atoms with Crippen molar-refractivity contribution < 1.29 is 18.0 Å². The van der Waals surface area contributed by atoms with Gasteiger partial charge < -0.3 is 4.90 Å². The Morgan fingerprint density at radius 3 is 2.30 bits per heavy atom. The molecule has 3 aromatic rings. The Kier molecular flexibility index (Phi) is 5.60. The molecule has 6 heteroatoms. The van der Waals surface area contributed by atoms with E-state index in [-0.39, 0.29) is 17.9 Å². The average molecular weight is 427 g/mol. The second kappa shape index (κ2) is 8.19. The van der Waals surface area contributed by atoms with E-state index in [4.69, 9.17) is 0 Å². The van der Waals surface area contributed by atoms with Crippen molar-refractivity contribution >= 4 is 23.4 Å². The number of aryl methyl sites for hydroxylation is 1. The molecule has 2 nitrogen and oxygen atoms in total. The van der Waals surface area contributed by atoms with Crippen molar-refractivity contribution in [2.45, 2.75) is 24.0 Å². The third kappa shape index (κ3) is 4.10. The average Bonchev–Trinajstić information content (AvgIpc) is 2.73. The van der Waals surface area contributed by atoms with E-state index >= 15 is 0 Å². The molecule has 4 rings (SSSR count). The molecule has 0 radical (unpaired) electrons. The topological polar surface area (TPSA) is 20.3 Å². The van der Waals surface area contributed by atoms with Crippen LogP contribution in [0.3, 0.4) is 0 Å². The largest absolute Gasteiger partial charge is 0.416 e. The Balaban J connectivity index is 1.57. The van der Waals surface area contributed by atoms with E-state index in [0.29, 0.717) is 10.6 Å². The lowest BCUT2D eigenvalue weighted by Gasteiger charge is -2.47. The monoisotopic (exact) mass is 427 g/mol. The summed E-state index contributed by atoms with van der Waals surface area (Å²) in [6, 6.07) is 22.7. The first kappa shape index (κ1) is 20.5. The maximum atomic E-state index is 13.0. The summed E-state index contributed by atoms with van der Waals surface area (Å²) in [5.41, 5.74) is 2.29. The quantitative estimate of drug-likeness (QED) is 0.342. The van der Waals surface area contributed by atoms with Crippen LogP contribution < -0.4 is 4.90 Å². The Morgan fingerprint density at radius 1 is 0.933 bits per heavy atom. The molecule has 1 amide bonds. The van der Waals surface area contributed by atoms with Gasteiger partial charge in [0.25, 0.3) is 0 Å². The SMILES string of the molecule is Cc1ccc(N2C(=O)[C@@H](CSc3cccc(C(F)(F)F)c3)[C@@H]2c2ccccc2)cc1. The minimum atomic E-state index is -4.38. The van der Waals surface area contributed by atoms with Gasteiger partial charge in [-0.05, 0) is 42.8 Å². The van der Waals surface area contributed by atoms with Crippen molar-refractivity contribution in [1.82, 2.24) is 0 Å². The fourth-order valence-corrected chi connectivity index (χ4v) is 4.77. The number of halogens is 3. The number of nitrogens with zero attached hydrogens (tertiary/aromatic N) is 1. The van der Waals surface area contributed by atoms with E-state index in [1.54, 1.807) is 11.0 Å². The van der Waals surface area contributed by atoms with E-state index in [1.165, 1.54) is 17.8 Å². The molecule has 0 spiro atoms. The summed E-state index contributed by atoms with van der Waals surface area (Å²) < 4.78 is 39.0. The van der Waals surface area contributed by atoms with Gasteiger partial charge in [0.1, 0.15) is 0 Å². The number of β-lactam (4-membered cyclic amide) rings is 1. The number of carbonyl (C=O) groups excluding carboxylic acids is 1. The minimum absolute atomic E-state index is 0.00724. The fraction of sp³-hybridized carbons (Fsp3) is 0.208. The number of amides is 1. The summed E-state index contributed by atoms with van der Waals surface area (Å²) >= 11 is 1.29. The van der Waals surface area contributed by atoms with Crippen molar-refractivity contribution in [2.75, 3.05) is 10.7 Å². The number of hydrogen-bond acceptors (Lipinski definition) is 2. The number of thioether (sulfide) groups is 1. The number of carbonyl (C=O) groups is 1. The predicted molar refractivity (Wildman–Crippen MR) is 114 cm³/mol. The van der Waals surface area contributed by atoms with Crippen LogP contribution >= 0.6 is 11.8 Å². The molecule has 0 aromatic heterocycles. The van der Waals surface area contributed by atoms with Gasteiger partial charge in [0.05, 0.1) is 17.5 Å². The lowest BCUT2D eigenvalue weighted by atomic mass is 9.83. The summed E-state index contributed by atoms with van der Waals surface area (Å²) in [6.07, 6.45) is -4.38. The summed E-state index contributed by atoms with van der Waals surface area (Å²) in [5.74, 6) is 0.114. The van der Waals surface area contributed by atoms with Gasteiger partial charge in [0, 0.05) is 16.3 Å². The molecule has 0 aliphatic carbocycles. The van der Waals surface area contributed by atoms with Crippen molar-refractivity contribution in [2.24, 2.45) is 5.92 Å². The highest BCUT2D eigenvalue weighted by Crippen LogP contribution is 2.45. The summed E-state index contributed by atoms with van der Waals surface area (Å²) in [5, 5.41) is 0. The van der Waals surface area contributed by atoms with Crippen molar-refractivity contribution in [3.05, 3.63) is 95.6 Å². The molecule has 1 heterocycles. The zero-order chi connectivity index (χ0) is 21.3. The van der Waals surface area contributed by atoms with Gasteiger partial charge in [-0.2, -0.15) is 13.2 Å². The molecule has 30 heavy (non-hydrogen) atoms. The van der Waals surface area contributed by atoms with Crippen molar-refractivity contribution in [1.29, 1.82) is 0 Å². The first-order chi connectivity index (χ1) is 14.3. The van der Waals surface area contributed by atoms with Crippen molar-refractivity contribution in [3.63, 3.8) is 0 Å². The van der Waals surface area contributed by atoms with Gasteiger partial charge in [0.2, 0.25) is 5.91 Å². The normalized spacial score (nSPS) is 18.9. The molecule has 0 bridgehead atoms. The molecule has 0 saturated carbocycles. The molecule has 0 unspecified atom stereocenters. The van der Waals surface area contributed by atoms with Crippen LogP contribution in [0.5, 0.6) is 0 Å². The number of rotatable bonds is 5. The number of anilines is 1. The van der Waals surface area contributed by atoms with E-state index < -0.39 is 11.7 Å². The van der Waals surface area contributed by atoms with Gasteiger partial charge in [-0.1, -0.05) is 54.1 Å². The van der Waals surface area contributed by atoms with E-state index in [2.05, 4.69) is 0 Å². The van der Waals surface area contributed by atoms with Crippen LogP contribution in [-0.4, -0.2) is 11.7 Å². The summed E-state index contributed by atoms with van der Waals surface area (Å²) in [4.78, 5) is 15.3. The van der Waals surface area contributed by atoms with Gasteiger partial charge in [0.15, 0.2) is 0 Å². The number of hydrogen-bond donors (Lipinski definition) is 0. The predicted octanol–water partition coefficient (Wildman–Crippen LogP) is 6.51. The first-order valence-electron chi connectivity index (χ1n) is 9.59. The van der Waals surface area contributed by atoms with Crippen LogP contribution in [0.2, 0.25) is 0 Å². The molecule has 1 aliphatic heterocycles. The molecule has 1 saturated heterocycles. The number of alkyl halides is 3. The molecule has 0 N–H and O–H groups in total. The standard InChI is InChI=1S/C24H20F3NOS/c1-16-10-12-19(13-11-16)28-22(17-6-3-2-4-7-17)21(23(28)29)15-30-20-9-5-8-18(14-20)24(25,26)27/h2-14,21-22H,15H2,1H3/t21-,22-/m0/s1. The molecule has 2 atom stereocenters. The zero-order valence-electron chi connectivity index (χ0n) is 16.3. The zero-order valence-corrected chi connectivity index (χ0v) is 17.1. The second-order valence-electron chi connectivity index (χ2n) is 7.34. The van der Waals surface area contributed by atoms with E-state index in [0.717, 1.165) is 28.9 Å². The maximum absolute atomic E-state index is 13.0. The van der Waals surface area contributed by atoms with E-state index in [1.807, 2.05) is 61.5 Å². The fourth-order valence-electron chi connectivity index (χ4n) is 3.68. The third-order valence-electron chi connectivity index (χ3n) is 5.26. The van der Waals surface area contributed by atoms with Crippen LogP contribution in [0.1, 0.15) is 22.7 Å². The first-order valence-corrected chi connectivity index (χ1v) is 10.6. The smallest absolute Gasteiger partial charge is 0.304 e. The van der Waals surface area contributed by atoms with Crippen LogP contribution in [0.15, 0.2) is 83.8 Å². The Hall–Kier alpha value is -2.73. The Labute approximate surface area is 177 Å². The number of benzene rings is 3. The van der Waals surface area contributed by atoms with Gasteiger partial charge in [-0.3, -0.25) is 4.79 Å². The molecule has 1 aliphatic rings.